The third kappa shape index (κ3) is 3.71. The van der Waals surface area contributed by atoms with Gasteiger partial charge >= 0.3 is 5.97 Å². The molecule has 0 aromatic heterocycles. The summed E-state index contributed by atoms with van der Waals surface area (Å²) < 4.78 is 4.17. The van der Waals surface area contributed by atoms with Gasteiger partial charge in [-0.25, -0.2) is 4.90 Å². The molecule has 23 heavy (non-hydrogen) atoms. The molecule has 0 spiro atoms. The third-order valence-corrected chi connectivity index (χ3v) is 3.07. The molecule has 0 saturated heterocycles. The Kier molecular flexibility index (Phi) is 5.04. The molecule has 2 amide bonds. The highest BCUT2D eigenvalue weighted by atomic mass is 16.5. The van der Waals surface area contributed by atoms with Gasteiger partial charge in [0.1, 0.15) is 0 Å². The summed E-state index contributed by atoms with van der Waals surface area (Å²) in [6.45, 7) is 4.48. The molecule has 5 heteroatoms. The zero-order valence-electron chi connectivity index (χ0n) is 12.6. The first-order valence-corrected chi connectivity index (χ1v) is 6.86. The van der Waals surface area contributed by atoms with Gasteiger partial charge in [0.25, 0.3) is 11.8 Å². The fourth-order valence-corrected chi connectivity index (χ4v) is 2.16. The minimum absolute atomic E-state index is 0.286. The molecule has 0 N–H and O–H groups in total. The van der Waals surface area contributed by atoms with Crippen molar-refractivity contribution in [3.05, 3.63) is 67.5 Å². The lowest BCUT2D eigenvalue weighted by Crippen LogP contribution is -2.29. The number of anilines is 1. The van der Waals surface area contributed by atoms with E-state index in [1.54, 1.807) is 6.07 Å². The molecule has 0 bridgehead atoms. The number of rotatable bonds is 2. The minimum atomic E-state index is -0.329. The van der Waals surface area contributed by atoms with Crippen LogP contribution in [0.4, 0.5) is 5.69 Å². The number of fused-ring (bicyclic) bond motifs is 1. The summed E-state index contributed by atoms with van der Waals surface area (Å²) in [5, 5.41) is 1.91. The van der Waals surface area contributed by atoms with Gasteiger partial charge in [0.15, 0.2) is 0 Å². The lowest BCUT2D eigenvalue weighted by atomic mass is 10.1. The molecule has 1 aliphatic heterocycles. The van der Waals surface area contributed by atoms with Crippen LogP contribution in [0.25, 0.3) is 10.8 Å². The van der Waals surface area contributed by atoms with E-state index >= 15 is 0 Å². The Bertz CT molecular complexity index is 784. The van der Waals surface area contributed by atoms with E-state index in [2.05, 4.69) is 11.3 Å². The number of amides is 2. The zero-order valence-corrected chi connectivity index (χ0v) is 12.6. The van der Waals surface area contributed by atoms with Crippen LogP contribution >= 0.6 is 0 Å². The molecular formula is C18H15NO4. The largest absolute Gasteiger partial charge is 0.435 e. The smallest absolute Gasteiger partial charge is 0.307 e. The number of imide groups is 1. The predicted molar refractivity (Wildman–Crippen MR) is 87.5 cm³/mol. The van der Waals surface area contributed by atoms with Gasteiger partial charge in [-0.1, -0.05) is 43.0 Å². The average Bonchev–Trinajstić information content (AvgIpc) is 2.86. The zero-order chi connectivity index (χ0) is 16.8. The molecule has 0 fully saturated rings. The highest BCUT2D eigenvalue weighted by Gasteiger charge is 2.26. The highest BCUT2D eigenvalue weighted by Crippen LogP contribution is 2.28. The molecular weight excluding hydrogens is 294 g/mol. The molecule has 5 nitrogen and oxygen atoms in total. The molecule has 2 aromatic rings. The van der Waals surface area contributed by atoms with Crippen molar-refractivity contribution in [3.63, 3.8) is 0 Å². The quantitative estimate of drug-likeness (QED) is 0.486. The standard InChI is InChI=1S/C14H9NO2.C4H6O2/c16-13-8-9-14(17)15(13)12-7-3-5-10-4-1-2-6-11(10)12;1-3-6-4(2)5/h1-9H;3H,1H2,2H3. The molecule has 1 heterocycles. The molecule has 116 valence electrons. The van der Waals surface area contributed by atoms with Gasteiger partial charge in [0.2, 0.25) is 0 Å². The van der Waals surface area contributed by atoms with Crippen LogP contribution in [0, 0.1) is 0 Å². The van der Waals surface area contributed by atoms with Crippen LogP contribution in [0.5, 0.6) is 0 Å². The maximum atomic E-state index is 11.6. The maximum absolute atomic E-state index is 11.6. The number of nitrogens with zero attached hydrogens (tertiary/aromatic N) is 1. The van der Waals surface area contributed by atoms with Gasteiger partial charge in [-0.2, -0.15) is 0 Å². The first kappa shape index (κ1) is 16.2. The first-order valence-electron chi connectivity index (χ1n) is 6.86. The highest BCUT2D eigenvalue weighted by molar-refractivity contribution is 6.30. The second-order valence-corrected chi connectivity index (χ2v) is 4.62. The Labute approximate surface area is 133 Å². The van der Waals surface area contributed by atoms with Crippen molar-refractivity contribution in [3.8, 4) is 0 Å². The first-order chi connectivity index (χ1) is 11.0. The van der Waals surface area contributed by atoms with E-state index in [4.69, 9.17) is 0 Å². The summed E-state index contributed by atoms with van der Waals surface area (Å²) in [5.41, 5.74) is 0.642. The molecule has 0 atom stereocenters. The average molecular weight is 309 g/mol. The number of hydrogen-bond donors (Lipinski definition) is 0. The monoisotopic (exact) mass is 309 g/mol. The van der Waals surface area contributed by atoms with Gasteiger partial charge in [0, 0.05) is 24.5 Å². The normalized spacial score (nSPS) is 12.8. The van der Waals surface area contributed by atoms with E-state index in [0.717, 1.165) is 17.0 Å². The Morgan fingerprint density at radius 1 is 1.04 bits per heavy atom. The number of benzene rings is 2. The van der Waals surface area contributed by atoms with Gasteiger partial charge in [0.05, 0.1) is 11.9 Å². The topological polar surface area (TPSA) is 63.7 Å². The van der Waals surface area contributed by atoms with Gasteiger partial charge in [-0.3, -0.25) is 14.4 Å². The van der Waals surface area contributed by atoms with Crippen molar-refractivity contribution in [2.75, 3.05) is 4.90 Å². The lowest BCUT2D eigenvalue weighted by molar-refractivity contribution is -0.135. The molecule has 0 saturated carbocycles. The van der Waals surface area contributed by atoms with E-state index < -0.39 is 0 Å². The Morgan fingerprint density at radius 3 is 2.22 bits per heavy atom. The van der Waals surface area contributed by atoms with E-state index in [9.17, 15) is 14.4 Å². The second-order valence-electron chi connectivity index (χ2n) is 4.62. The van der Waals surface area contributed by atoms with Crippen LogP contribution in [0.1, 0.15) is 6.92 Å². The molecule has 2 aromatic carbocycles. The third-order valence-electron chi connectivity index (χ3n) is 3.07. The van der Waals surface area contributed by atoms with Crippen molar-refractivity contribution < 1.29 is 19.1 Å². The summed E-state index contributed by atoms with van der Waals surface area (Å²) >= 11 is 0. The van der Waals surface area contributed by atoms with E-state index in [0.29, 0.717) is 5.69 Å². The summed E-state index contributed by atoms with van der Waals surface area (Å²) in [6, 6.07) is 13.3. The molecule has 0 unspecified atom stereocenters. The van der Waals surface area contributed by atoms with Crippen LogP contribution in [-0.4, -0.2) is 17.8 Å². The van der Waals surface area contributed by atoms with Crippen molar-refractivity contribution in [2.45, 2.75) is 6.92 Å². The maximum Gasteiger partial charge on any atom is 0.307 e. The summed E-state index contributed by atoms with van der Waals surface area (Å²) in [7, 11) is 0. The fraction of sp³-hybridized carbons (Fsp3) is 0.0556. The van der Waals surface area contributed by atoms with Crippen LogP contribution in [0.2, 0.25) is 0 Å². The van der Waals surface area contributed by atoms with Crippen LogP contribution in [-0.2, 0) is 19.1 Å². The van der Waals surface area contributed by atoms with Crippen molar-refractivity contribution in [1.82, 2.24) is 0 Å². The summed E-state index contributed by atoms with van der Waals surface area (Å²) in [4.78, 5) is 34.2. The molecule has 0 aliphatic carbocycles. The van der Waals surface area contributed by atoms with Gasteiger partial charge in [-0.15, -0.1) is 0 Å². The van der Waals surface area contributed by atoms with Crippen molar-refractivity contribution >= 4 is 34.2 Å². The van der Waals surface area contributed by atoms with Gasteiger partial charge in [-0.05, 0) is 11.5 Å². The van der Waals surface area contributed by atoms with E-state index in [1.807, 2.05) is 36.4 Å². The van der Waals surface area contributed by atoms with Crippen molar-refractivity contribution in [2.24, 2.45) is 0 Å². The van der Waals surface area contributed by atoms with E-state index in [1.165, 1.54) is 24.0 Å². The van der Waals surface area contributed by atoms with Gasteiger partial charge < -0.3 is 4.74 Å². The Hall–Kier alpha value is -3.21. The second kappa shape index (κ2) is 7.17. The number of carbonyl (C=O) groups excluding carboxylic acids is 3. The van der Waals surface area contributed by atoms with Crippen LogP contribution in [0.3, 0.4) is 0 Å². The summed E-state index contributed by atoms with van der Waals surface area (Å²) in [5.74, 6) is -0.900. The Balaban J connectivity index is 0.000000277. The van der Waals surface area contributed by atoms with Crippen molar-refractivity contribution in [1.29, 1.82) is 0 Å². The SMILES string of the molecule is C=COC(C)=O.O=C1C=CC(=O)N1c1cccc2ccccc12. The number of carbonyl (C=O) groups is 3. The predicted octanol–water partition coefficient (Wildman–Crippen LogP) is 2.96. The van der Waals surface area contributed by atoms with E-state index in [-0.39, 0.29) is 17.8 Å². The van der Waals surface area contributed by atoms with Crippen LogP contribution in [0.15, 0.2) is 67.5 Å². The summed E-state index contributed by atoms with van der Waals surface area (Å²) in [6.07, 6.45) is 3.69. The number of esters is 1. The number of hydrogen-bond acceptors (Lipinski definition) is 4. The van der Waals surface area contributed by atoms with Crippen LogP contribution < -0.4 is 4.90 Å². The molecule has 0 radical (unpaired) electrons. The minimum Gasteiger partial charge on any atom is -0.435 e. The fourth-order valence-electron chi connectivity index (χ4n) is 2.16. The lowest BCUT2D eigenvalue weighted by Gasteiger charge is -2.16. The molecule has 3 rings (SSSR count). The Morgan fingerprint density at radius 2 is 1.65 bits per heavy atom. The number of ether oxygens (including phenoxy) is 1. The molecule has 1 aliphatic rings.